The van der Waals surface area contributed by atoms with Crippen LogP contribution in [0.5, 0.6) is 0 Å². The second-order valence-corrected chi connectivity index (χ2v) is 9.02. The summed E-state index contributed by atoms with van der Waals surface area (Å²) in [5, 5.41) is 6.05. The Bertz CT molecular complexity index is 795. The van der Waals surface area contributed by atoms with Gasteiger partial charge in [0.2, 0.25) is 0 Å². The van der Waals surface area contributed by atoms with Crippen molar-refractivity contribution >= 4 is 23.0 Å². The number of hydrogen-bond acceptors (Lipinski definition) is 5. The summed E-state index contributed by atoms with van der Waals surface area (Å²) >= 11 is 0. The van der Waals surface area contributed by atoms with Crippen molar-refractivity contribution in [1.82, 2.24) is 10.2 Å². The molecular weight excluding hydrogens is 407 g/mol. The summed E-state index contributed by atoms with van der Waals surface area (Å²) in [6, 6.07) is 4.08. The Labute approximate surface area is 181 Å². The minimum atomic E-state index is -4.15. The molecular formula is C22H32F3N5O. The van der Waals surface area contributed by atoms with Crippen molar-refractivity contribution in [1.29, 1.82) is 0 Å². The van der Waals surface area contributed by atoms with Crippen molar-refractivity contribution < 1.29 is 18.0 Å². The van der Waals surface area contributed by atoms with E-state index in [2.05, 4.69) is 20.4 Å². The molecule has 172 valence electrons. The first-order chi connectivity index (χ1) is 14.8. The molecule has 2 aliphatic carbocycles. The zero-order valence-electron chi connectivity index (χ0n) is 18.0. The maximum Gasteiger partial charge on any atom is 0.391 e. The van der Waals surface area contributed by atoms with Crippen molar-refractivity contribution in [2.24, 2.45) is 5.92 Å². The topological polar surface area (TPSA) is 73.6 Å². The number of nitrogens with one attached hydrogen (secondary N) is 2. The lowest BCUT2D eigenvalue weighted by atomic mass is 9.85. The van der Waals surface area contributed by atoms with E-state index in [0.717, 1.165) is 43.6 Å². The number of alkyl halides is 3. The average molecular weight is 440 g/mol. The van der Waals surface area contributed by atoms with Gasteiger partial charge in [-0.1, -0.05) is 0 Å². The van der Waals surface area contributed by atoms with Crippen molar-refractivity contribution in [3.05, 3.63) is 17.7 Å². The molecule has 9 heteroatoms. The second-order valence-electron chi connectivity index (χ2n) is 9.02. The fraction of sp³-hybridized carbons (Fsp3) is 0.682. The molecule has 6 nitrogen and oxygen atoms in total. The molecule has 1 heterocycles. The first-order valence-electron chi connectivity index (χ1n) is 11.2. The number of hydrogen-bond donors (Lipinski definition) is 3. The summed E-state index contributed by atoms with van der Waals surface area (Å²) in [6.07, 6.45) is -0.796. The fourth-order valence-electron chi connectivity index (χ4n) is 4.86. The third-order valence-corrected chi connectivity index (χ3v) is 6.93. The molecule has 0 aromatic heterocycles. The summed E-state index contributed by atoms with van der Waals surface area (Å²) in [7, 11) is 1.79. The number of rotatable bonds is 5. The molecule has 1 saturated heterocycles. The summed E-state index contributed by atoms with van der Waals surface area (Å²) in [5.74, 6) is -1.52. The number of benzene rings is 1. The monoisotopic (exact) mass is 439 g/mol. The van der Waals surface area contributed by atoms with Crippen LogP contribution in [0.4, 0.5) is 30.2 Å². The fourth-order valence-corrected chi connectivity index (χ4v) is 4.86. The number of carbonyl (C=O) groups is 1. The van der Waals surface area contributed by atoms with Crippen molar-refractivity contribution in [3.8, 4) is 0 Å². The van der Waals surface area contributed by atoms with Crippen molar-refractivity contribution in [2.45, 2.75) is 56.8 Å². The highest BCUT2D eigenvalue weighted by atomic mass is 19.4. The molecule has 0 atom stereocenters. The molecule has 31 heavy (non-hydrogen) atoms. The molecule has 4 N–H and O–H groups in total. The first-order valence-corrected chi connectivity index (χ1v) is 11.2. The van der Waals surface area contributed by atoms with E-state index < -0.39 is 12.1 Å². The highest BCUT2D eigenvalue weighted by molar-refractivity contribution is 6.02. The van der Waals surface area contributed by atoms with Crippen LogP contribution in [-0.4, -0.2) is 62.3 Å². The Morgan fingerprint density at radius 3 is 2.23 bits per heavy atom. The van der Waals surface area contributed by atoms with Gasteiger partial charge in [0, 0.05) is 45.3 Å². The van der Waals surface area contributed by atoms with Gasteiger partial charge in [0.05, 0.1) is 28.5 Å². The predicted octanol–water partition coefficient (Wildman–Crippen LogP) is 3.45. The van der Waals surface area contributed by atoms with Crippen LogP contribution in [-0.2, 0) is 0 Å². The van der Waals surface area contributed by atoms with Crippen LogP contribution in [0, 0.1) is 5.92 Å². The van der Waals surface area contributed by atoms with E-state index in [-0.39, 0.29) is 24.8 Å². The lowest BCUT2D eigenvalue weighted by Crippen LogP contribution is -2.48. The van der Waals surface area contributed by atoms with Crippen molar-refractivity contribution in [3.63, 3.8) is 0 Å². The van der Waals surface area contributed by atoms with Gasteiger partial charge in [0.25, 0.3) is 5.91 Å². The van der Waals surface area contributed by atoms with Crippen LogP contribution >= 0.6 is 0 Å². The van der Waals surface area contributed by atoms with Gasteiger partial charge in [0.15, 0.2) is 0 Å². The summed E-state index contributed by atoms with van der Waals surface area (Å²) < 4.78 is 38.8. The molecule has 0 spiro atoms. The van der Waals surface area contributed by atoms with Gasteiger partial charge in [0.1, 0.15) is 0 Å². The minimum Gasteiger partial charge on any atom is -0.397 e. The number of nitrogens with two attached hydrogens (primary N) is 1. The molecule has 0 unspecified atom stereocenters. The summed E-state index contributed by atoms with van der Waals surface area (Å²) in [4.78, 5) is 17.9. The Balaban J connectivity index is 1.46. The number of halogens is 3. The summed E-state index contributed by atoms with van der Waals surface area (Å²) in [5.41, 5.74) is 8.71. The van der Waals surface area contributed by atoms with Gasteiger partial charge in [-0.25, -0.2) is 0 Å². The number of nitrogen functional groups attached to an aromatic ring is 1. The molecule has 1 amide bonds. The Kier molecular flexibility index (Phi) is 6.23. The molecule has 1 aromatic carbocycles. The van der Waals surface area contributed by atoms with E-state index in [9.17, 15) is 18.0 Å². The number of anilines is 3. The standard InChI is InChI=1S/C22H32F3N5O/c1-27-19-13-20(30-10-8-29(9-11-30)16-6-7-16)17(12-18(19)26)21(31)28-15-4-2-14(3-5-15)22(23,24)25/h12-16,27H,2-11,26H2,1H3,(H,28,31)/t14-,15-. The lowest BCUT2D eigenvalue weighted by Gasteiger charge is -2.37. The van der Waals surface area contributed by atoms with E-state index in [4.69, 9.17) is 5.73 Å². The highest BCUT2D eigenvalue weighted by Crippen LogP contribution is 2.38. The largest absolute Gasteiger partial charge is 0.397 e. The van der Waals surface area contributed by atoms with Crippen LogP contribution in [0.3, 0.4) is 0 Å². The van der Waals surface area contributed by atoms with Gasteiger partial charge in [-0.05, 0) is 50.7 Å². The first kappa shape index (κ1) is 22.0. The quantitative estimate of drug-likeness (QED) is 0.613. The molecule has 1 aliphatic heterocycles. The van der Waals surface area contributed by atoms with Crippen LogP contribution in [0.25, 0.3) is 0 Å². The van der Waals surface area contributed by atoms with Crippen molar-refractivity contribution in [2.75, 3.05) is 49.2 Å². The normalized spacial score (nSPS) is 25.4. The maximum absolute atomic E-state index is 13.1. The van der Waals surface area contributed by atoms with Crippen LogP contribution in [0.1, 0.15) is 48.9 Å². The van der Waals surface area contributed by atoms with E-state index in [1.165, 1.54) is 12.8 Å². The van der Waals surface area contributed by atoms with Gasteiger partial charge in [-0.15, -0.1) is 0 Å². The molecule has 4 rings (SSSR count). The van der Waals surface area contributed by atoms with E-state index in [1.54, 1.807) is 13.1 Å². The third kappa shape index (κ3) is 5.02. The van der Waals surface area contributed by atoms with Crippen LogP contribution in [0.2, 0.25) is 0 Å². The molecule has 2 saturated carbocycles. The number of amides is 1. The third-order valence-electron chi connectivity index (χ3n) is 6.93. The van der Waals surface area contributed by atoms with Crippen LogP contribution < -0.4 is 21.3 Å². The molecule has 3 fully saturated rings. The number of piperazine rings is 1. The Morgan fingerprint density at radius 2 is 1.68 bits per heavy atom. The average Bonchev–Trinajstić information content (AvgIpc) is 3.59. The Morgan fingerprint density at radius 1 is 1.03 bits per heavy atom. The zero-order chi connectivity index (χ0) is 22.2. The van der Waals surface area contributed by atoms with Gasteiger partial charge < -0.3 is 21.3 Å². The van der Waals surface area contributed by atoms with Gasteiger partial charge in [-0.2, -0.15) is 13.2 Å². The van der Waals surface area contributed by atoms with Gasteiger partial charge in [-0.3, -0.25) is 9.69 Å². The molecule has 1 aromatic rings. The number of carbonyl (C=O) groups excluding carboxylic acids is 1. The highest BCUT2D eigenvalue weighted by Gasteiger charge is 2.41. The number of nitrogens with zero attached hydrogens (tertiary/aromatic N) is 2. The molecule has 3 aliphatic rings. The molecule has 0 bridgehead atoms. The second kappa shape index (κ2) is 8.76. The van der Waals surface area contributed by atoms with Gasteiger partial charge >= 0.3 is 6.18 Å². The lowest BCUT2D eigenvalue weighted by molar-refractivity contribution is -0.182. The zero-order valence-corrected chi connectivity index (χ0v) is 18.0. The van der Waals surface area contributed by atoms with E-state index >= 15 is 0 Å². The van der Waals surface area contributed by atoms with Crippen LogP contribution in [0.15, 0.2) is 12.1 Å². The molecule has 0 radical (unpaired) electrons. The predicted molar refractivity (Wildman–Crippen MR) is 116 cm³/mol. The van der Waals surface area contributed by atoms with E-state index in [1.807, 2.05) is 6.07 Å². The van der Waals surface area contributed by atoms with E-state index in [0.29, 0.717) is 24.1 Å². The SMILES string of the molecule is CNc1cc(N2CCN(C3CC3)CC2)c(C(=O)N[C@H]2CC[C@H](C(F)(F)F)CC2)cc1N. The maximum atomic E-state index is 13.1. The Hall–Kier alpha value is -2.16. The minimum absolute atomic E-state index is 0.0608. The summed E-state index contributed by atoms with van der Waals surface area (Å²) in [6.45, 7) is 3.60. The smallest absolute Gasteiger partial charge is 0.391 e.